The third kappa shape index (κ3) is 4.69. The van der Waals surface area contributed by atoms with Crippen molar-refractivity contribution in [2.45, 2.75) is 102 Å². The molecule has 0 aromatic heterocycles. The van der Waals surface area contributed by atoms with Crippen LogP contribution >= 0.6 is 0 Å². The zero-order valence-electron chi connectivity index (χ0n) is 27.1. The van der Waals surface area contributed by atoms with Gasteiger partial charge in [0.15, 0.2) is 22.7 Å². The molecule has 3 unspecified atom stereocenters. The highest BCUT2D eigenvalue weighted by Crippen LogP contribution is 2.78. The number of benzene rings is 1. The molecule has 0 aliphatic heterocycles. The molecule has 0 amide bonds. The number of carbonyl (C=O) groups is 3. The average molecular weight is 643 g/mol. The maximum absolute atomic E-state index is 13.6. The molecule has 0 heterocycles. The Labute approximate surface area is 268 Å². The molecule has 11 nitrogen and oxygen atoms in total. The third-order valence-electron chi connectivity index (χ3n) is 11.3. The first-order valence-corrected chi connectivity index (χ1v) is 16.2. The Morgan fingerprint density at radius 1 is 1.02 bits per heavy atom. The number of ether oxygens (including phenoxy) is 2. The number of fused-ring (bicyclic) bond motifs is 5. The minimum atomic E-state index is -2.65. The first kappa shape index (κ1) is 34.3. The van der Waals surface area contributed by atoms with Crippen molar-refractivity contribution < 1.29 is 54.4 Å². The van der Waals surface area contributed by atoms with E-state index in [4.69, 9.17) is 14.4 Å². The number of aliphatic hydroxyl groups excluding tert-OH is 2. The van der Waals surface area contributed by atoms with E-state index in [1.807, 2.05) is 0 Å². The summed E-state index contributed by atoms with van der Waals surface area (Å²) in [5, 5.41) is 57.2. The topological polar surface area (TPSA) is 180 Å². The normalized spacial score (nSPS) is 37.3. The van der Waals surface area contributed by atoms with Gasteiger partial charge < -0.3 is 34.8 Å². The summed E-state index contributed by atoms with van der Waals surface area (Å²) < 4.78 is 12.5. The summed E-state index contributed by atoms with van der Waals surface area (Å²) in [6, 6.07) is 8.20. The van der Waals surface area contributed by atoms with Gasteiger partial charge in [0.2, 0.25) is 0 Å². The minimum Gasteiger partial charge on any atom is -0.454 e. The van der Waals surface area contributed by atoms with Crippen LogP contribution in [0.4, 0.5) is 0 Å². The van der Waals surface area contributed by atoms with Crippen LogP contribution in [0.25, 0.3) is 0 Å². The van der Waals surface area contributed by atoms with E-state index in [1.165, 1.54) is 13.0 Å². The van der Waals surface area contributed by atoms with E-state index in [2.05, 4.69) is 6.92 Å². The Morgan fingerprint density at radius 2 is 1.67 bits per heavy atom. The average Bonchev–Trinajstić information content (AvgIpc) is 3.42. The van der Waals surface area contributed by atoms with Gasteiger partial charge >= 0.3 is 11.9 Å². The van der Waals surface area contributed by atoms with E-state index >= 15 is 0 Å². The number of esters is 2. The van der Waals surface area contributed by atoms with Gasteiger partial charge in [0, 0.05) is 35.2 Å². The highest BCUT2D eigenvalue weighted by Gasteiger charge is 2.89. The van der Waals surface area contributed by atoms with Crippen molar-refractivity contribution in [3.63, 3.8) is 0 Å². The number of rotatable bonds is 11. The van der Waals surface area contributed by atoms with Gasteiger partial charge in [-0.3, -0.25) is 9.59 Å². The van der Waals surface area contributed by atoms with Crippen molar-refractivity contribution in [1.82, 2.24) is 0 Å². The SMILES string of the molecule is CCCCCCCC(=O)O[C@]12C(C3C(OO)=C(CO)[C@@H](O)[C@]4(O)C(=O)C(C)=CC4[C@@]3(O)[C@H](C)[C@H]1OC(=O)c1ccccc1)C2(C)C. The first-order chi connectivity index (χ1) is 21.7. The fourth-order valence-corrected chi connectivity index (χ4v) is 8.89. The molecule has 0 spiro atoms. The van der Waals surface area contributed by atoms with Gasteiger partial charge in [-0.25, -0.2) is 10.1 Å². The van der Waals surface area contributed by atoms with Crippen molar-refractivity contribution in [3.8, 4) is 0 Å². The van der Waals surface area contributed by atoms with E-state index in [0.29, 0.717) is 6.42 Å². The number of aliphatic hydroxyl groups is 4. The van der Waals surface area contributed by atoms with Gasteiger partial charge in [0.25, 0.3) is 0 Å². The smallest absolute Gasteiger partial charge is 0.338 e. The molecule has 5 rings (SSSR count). The molecule has 1 aromatic rings. The van der Waals surface area contributed by atoms with Crippen LogP contribution in [0.15, 0.2) is 53.3 Å². The summed E-state index contributed by atoms with van der Waals surface area (Å²) in [6.45, 7) is 7.71. The number of hydrogen-bond acceptors (Lipinski definition) is 11. The highest BCUT2D eigenvalue weighted by molar-refractivity contribution is 6.05. The Balaban J connectivity index is 1.67. The molecule has 0 radical (unpaired) electrons. The van der Waals surface area contributed by atoms with Crippen LogP contribution in [-0.4, -0.2) is 79.0 Å². The molecule has 252 valence electrons. The van der Waals surface area contributed by atoms with Crippen molar-refractivity contribution in [2.75, 3.05) is 6.61 Å². The second kappa shape index (κ2) is 12.2. The van der Waals surface area contributed by atoms with Gasteiger partial charge in [-0.2, -0.15) is 0 Å². The summed E-state index contributed by atoms with van der Waals surface area (Å²) in [6.07, 6.45) is 2.58. The van der Waals surface area contributed by atoms with E-state index in [9.17, 15) is 40.1 Å². The van der Waals surface area contributed by atoms with Crippen molar-refractivity contribution in [2.24, 2.45) is 29.1 Å². The van der Waals surface area contributed by atoms with Gasteiger partial charge in [0.05, 0.1) is 23.7 Å². The Kier molecular flexibility index (Phi) is 9.06. The summed E-state index contributed by atoms with van der Waals surface area (Å²) in [5.41, 5.74) is -7.55. The van der Waals surface area contributed by atoms with E-state index in [0.717, 1.165) is 25.7 Å². The quantitative estimate of drug-likeness (QED) is 0.103. The second-order valence-corrected chi connectivity index (χ2v) is 14.0. The number of carbonyl (C=O) groups excluding carboxylic acids is 3. The van der Waals surface area contributed by atoms with Crippen molar-refractivity contribution >= 4 is 17.7 Å². The maximum Gasteiger partial charge on any atom is 0.338 e. The fraction of sp³-hybridized carbons (Fsp3) is 0.629. The molecule has 4 aliphatic rings. The lowest BCUT2D eigenvalue weighted by Crippen LogP contribution is -2.68. The first-order valence-electron chi connectivity index (χ1n) is 16.2. The summed E-state index contributed by atoms with van der Waals surface area (Å²) >= 11 is 0. The zero-order chi connectivity index (χ0) is 33.8. The molecule has 11 heteroatoms. The molecule has 2 saturated carbocycles. The van der Waals surface area contributed by atoms with Gasteiger partial charge in [-0.05, 0) is 31.1 Å². The lowest BCUT2D eigenvalue weighted by Gasteiger charge is -2.53. The molecule has 4 aliphatic carbocycles. The molecule has 9 atom stereocenters. The highest BCUT2D eigenvalue weighted by atomic mass is 17.1. The third-order valence-corrected chi connectivity index (χ3v) is 11.3. The lowest BCUT2D eigenvalue weighted by molar-refractivity contribution is -0.256. The minimum absolute atomic E-state index is 0.0795. The van der Waals surface area contributed by atoms with Crippen LogP contribution in [-0.2, 0) is 24.0 Å². The molecule has 0 saturated heterocycles. The number of unbranched alkanes of at least 4 members (excludes halogenated alkanes) is 4. The summed E-state index contributed by atoms with van der Waals surface area (Å²) in [4.78, 5) is 45.5. The molecule has 5 N–H and O–H groups in total. The zero-order valence-corrected chi connectivity index (χ0v) is 27.1. The van der Waals surface area contributed by atoms with Crippen LogP contribution in [0.3, 0.4) is 0 Å². The van der Waals surface area contributed by atoms with Crippen LogP contribution in [0.5, 0.6) is 0 Å². The van der Waals surface area contributed by atoms with Crippen molar-refractivity contribution in [1.29, 1.82) is 0 Å². The predicted octanol–water partition coefficient (Wildman–Crippen LogP) is 3.49. The Hall–Kier alpha value is -3.09. The number of hydrogen-bond donors (Lipinski definition) is 5. The summed E-state index contributed by atoms with van der Waals surface area (Å²) in [7, 11) is 0. The number of ketones is 1. The largest absolute Gasteiger partial charge is 0.454 e. The van der Waals surface area contributed by atoms with Crippen LogP contribution in [0.2, 0.25) is 0 Å². The fourth-order valence-electron chi connectivity index (χ4n) is 8.89. The van der Waals surface area contributed by atoms with Gasteiger partial charge in [-0.1, -0.05) is 77.7 Å². The van der Waals surface area contributed by atoms with Crippen LogP contribution in [0.1, 0.15) is 83.5 Å². The van der Waals surface area contributed by atoms with Gasteiger partial charge in [0.1, 0.15) is 12.2 Å². The van der Waals surface area contributed by atoms with Crippen LogP contribution in [0, 0.1) is 29.1 Å². The Bertz CT molecular complexity index is 1430. The van der Waals surface area contributed by atoms with Crippen molar-refractivity contribution in [3.05, 3.63) is 58.9 Å². The Morgan fingerprint density at radius 3 is 2.28 bits per heavy atom. The second-order valence-electron chi connectivity index (χ2n) is 14.0. The van der Waals surface area contributed by atoms with Gasteiger partial charge in [-0.15, -0.1) is 0 Å². The predicted molar refractivity (Wildman–Crippen MR) is 164 cm³/mol. The van der Waals surface area contributed by atoms with E-state index < -0.39 is 93.8 Å². The molecule has 46 heavy (non-hydrogen) atoms. The van der Waals surface area contributed by atoms with E-state index in [1.54, 1.807) is 51.1 Å². The molecule has 0 bridgehead atoms. The lowest BCUT2D eigenvalue weighted by atomic mass is 9.58. The molecule has 1 aromatic carbocycles. The number of Topliss-reactive ketones (excluding diaryl/α,β-unsaturated/α-hetero) is 1. The monoisotopic (exact) mass is 642 g/mol. The molecule has 2 fully saturated rings. The van der Waals surface area contributed by atoms with E-state index in [-0.39, 0.29) is 17.6 Å². The standard InChI is InChI=1S/C35H46O11/c1-6-7-8-9-13-16-24(37)45-35-27(32(35,4)5)25-26(46-43)22(18-36)29(39)34(42)23(17-19(2)28(34)38)33(25,41)20(3)30(35)44-31(40)21-14-11-10-12-15-21/h10-12,14-15,17,20,23,25,27,29-30,36,39,41-43H,6-9,13,16,18H2,1-5H3/t20-,23?,25?,27?,29-,30-,33+,34-,35-/m1/s1. The molecular weight excluding hydrogens is 596 g/mol. The van der Waals surface area contributed by atoms with Crippen LogP contribution < -0.4 is 0 Å². The molecular formula is C35H46O11. The summed E-state index contributed by atoms with van der Waals surface area (Å²) in [5.74, 6) is -7.47. The maximum atomic E-state index is 13.6.